The molecule has 6 aromatic carbocycles. The number of nitrogens with two attached hydrogens (primary N) is 3. The maximum absolute atomic E-state index is 14.0. The Kier molecular flexibility index (Phi) is 28.5. The number of amides is 2. The van der Waals surface area contributed by atoms with E-state index in [4.69, 9.17) is 36.1 Å². The number of hydrogen-bond donors (Lipinski definition) is 7. The Balaban J connectivity index is 0.000000172. The van der Waals surface area contributed by atoms with Gasteiger partial charge in [-0.2, -0.15) is 15.3 Å². The number of aromatic nitrogens is 9. The minimum atomic E-state index is -0.813. The number of ether oxygens (including phenoxy) is 4. The molecule has 35 heteroatoms. The molecule has 10 N–H and O–H groups in total. The van der Waals surface area contributed by atoms with Gasteiger partial charge in [-0.1, -0.05) is 67.9 Å². The summed E-state index contributed by atoms with van der Waals surface area (Å²) in [5.74, 6) is -0.0847. The molecular formula is C76H71F6I5N15O9-. The van der Waals surface area contributed by atoms with Crippen LogP contribution in [0, 0.1) is 46.7 Å². The number of H-pyrrole nitrogens is 3. The molecule has 0 unspecified atom stereocenters. The first-order valence-electron chi connectivity index (χ1n) is 33.6. The summed E-state index contributed by atoms with van der Waals surface area (Å²) < 4.78 is 111. The third kappa shape index (κ3) is 19.2. The van der Waals surface area contributed by atoms with Crippen LogP contribution in [0.1, 0.15) is 72.5 Å². The fourth-order valence-electron chi connectivity index (χ4n) is 13.1. The number of nitrogens with one attached hydrogen (secondary N) is 4. The number of fused-ring (bicyclic) bond motifs is 3. The fraction of sp³-hybridized carbons (Fsp3) is 0.237. The van der Waals surface area contributed by atoms with Gasteiger partial charge in [-0.25, -0.2) is 46.4 Å². The Morgan fingerprint density at radius 2 is 0.829 bits per heavy atom. The maximum Gasteiger partial charge on any atom is 0.288 e. The van der Waals surface area contributed by atoms with Gasteiger partial charge in [0.1, 0.15) is 39.4 Å². The molecule has 15 rings (SSSR count). The average molecular weight is 2090 g/mol. The van der Waals surface area contributed by atoms with E-state index in [1.807, 2.05) is 53.1 Å². The monoisotopic (exact) mass is 2090 g/mol. The first-order valence-corrected chi connectivity index (χ1v) is 52.4. The van der Waals surface area contributed by atoms with Crippen LogP contribution in [0.4, 0.5) is 48.6 Å². The molecule has 3 aliphatic heterocycles. The normalized spacial score (nSPS) is 15.0. The summed E-state index contributed by atoms with van der Waals surface area (Å²) >= 11 is 9.54. The van der Waals surface area contributed by atoms with Crippen molar-refractivity contribution in [2.45, 2.75) is 78.1 Å². The molecule has 0 spiro atoms. The molecule has 3 aliphatic rings. The Bertz CT molecular complexity index is 5570. The van der Waals surface area contributed by atoms with Crippen LogP contribution in [0.3, 0.4) is 0 Å². The van der Waals surface area contributed by atoms with Gasteiger partial charge in [0.25, 0.3) is 22.6 Å². The van der Waals surface area contributed by atoms with Crippen molar-refractivity contribution in [1.29, 1.82) is 0 Å². The first-order chi connectivity index (χ1) is 52.8. The summed E-state index contributed by atoms with van der Waals surface area (Å²) in [6.07, 6.45) is 7.28. The number of nitrogens with zero attached hydrogens (tertiary/aromatic N) is 8. The standard InChI is InChI=1S/C27H27F2N5O4.C26H21F2N5O3.C22H19F2N5O2.CH4.I3.I2/c1-27(2,3)38-26(36)33-12-11-16(13-33)34-14-18(21-22(34)25(35)32-31-24(21)30)15-7-9-17(10-8-15)37-23-19(28)5-4-6-20(23)29;1-2-4-21(34)32-12-11-16(13-32)33-14-18(22-23(33)26(35)31-30-25(22)29)15-7-9-17(10-8-15)36-24-19(27)5-3-6-20(24)28;23-16-2-1-3-17(24)20(16)31-14-6-4-12(5-7-14)15-11-29(13-8-9-26-10-13)19-18(15)21(25)27-28-22(19)30;;1-3-2;1-2/h4-10,14,16H,11-13H2,1-3H3,(H2,30,31)(H,32,35);3,5-10,14,16H,11-13H2,1H3,(H2,29,30)(H,31,35);1-7,11,13,26H,8-10H2,(H2,25,27)(H,28,30);1H4;;/q;;;;-1;/t2*16-;13-;;;/m111.../s1. The number of benzene rings is 6. The van der Waals surface area contributed by atoms with E-state index in [2.05, 4.69) is 122 Å². The zero-order valence-electron chi connectivity index (χ0n) is 58.6. The summed E-state index contributed by atoms with van der Waals surface area (Å²) in [6, 6.07) is 30.1. The fourth-order valence-corrected chi connectivity index (χ4v) is 13.1. The van der Waals surface area contributed by atoms with E-state index in [0.29, 0.717) is 107 Å². The molecule has 0 radical (unpaired) electrons. The van der Waals surface area contributed by atoms with Crippen LogP contribution in [0.5, 0.6) is 34.5 Å². The predicted molar refractivity (Wildman–Crippen MR) is 444 cm³/mol. The third-order valence-corrected chi connectivity index (χ3v) is 18.0. The van der Waals surface area contributed by atoms with E-state index in [9.17, 15) is 50.3 Å². The van der Waals surface area contributed by atoms with Crippen LogP contribution in [-0.4, -0.2) is 111 Å². The van der Waals surface area contributed by atoms with Gasteiger partial charge in [0.2, 0.25) is 0 Å². The molecule has 0 aliphatic carbocycles. The van der Waals surface area contributed by atoms with Crippen LogP contribution < -0.4 is 66.7 Å². The molecule has 0 saturated carbocycles. The zero-order chi connectivity index (χ0) is 78.8. The molecule has 582 valence electrons. The number of aromatic amines is 3. The summed E-state index contributed by atoms with van der Waals surface area (Å²) in [6.45, 7) is 10.4. The number of carbonyl (C=O) groups excluding carboxylic acids is 2. The summed E-state index contributed by atoms with van der Waals surface area (Å²) in [5.41, 5.74) is 22.1. The average Bonchev–Trinajstić information content (AvgIpc) is 1.61. The van der Waals surface area contributed by atoms with Crippen LogP contribution in [-0.2, 0) is 9.53 Å². The summed E-state index contributed by atoms with van der Waals surface area (Å²) in [7, 11) is 0. The molecule has 3 saturated heterocycles. The van der Waals surface area contributed by atoms with Gasteiger partial charge in [0.05, 0.1) is 28.2 Å². The predicted octanol–water partition coefficient (Wildman–Crippen LogP) is 13.8. The van der Waals surface area contributed by atoms with Crippen molar-refractivity contribution in [2.75, 3.05) is 56.5 Å². The van der Waals surface area contributed by atoms with Gasteiger partial charge in [-0.05, 0) is 149 Å². The van der Waals surface area contributed by atoms with Crippen LogP contribution in [0.25, 0.3) is 66.1 Å². The number of rotatable bonds is 12. The molecule has 3 atom stereocenters. The van der Waals surface area contributed by atoms with Gasteiger partial charge >= 0.3 is 56.6 Å². The minimum Gasteiger partial charge on any atom is -0.451 e. The van der Waals surface area contributed by atoms with Gasteiger partial charge in [-0.15, -0.1) is 0 Å². The minimum absolute atomic E-state index is 0. The zero-order valence-corrected chi connectivity index (χ0v) is 69.4. The maximum atomic E-state index is 14.0. The Morgan fingerprint density at radius 1 is 0.514 bits per heavy atom. The molecular weight excluding hydrogens is 2020 g/mol. The van der Waals surface area contributed by atoms with Gasteiger partial charge in [0.15, 0.2) is 69.6 Å². The summed E-state index contributed by atoms with van der Waals surface area (Å²) in [4.78, 5) is 66.3. The SMILES string of the molecule is C.CC#CC(=O)N1CC[C@@H](n2cc(-c3ccc(Oc4c(F)cccc4F)cc3)c3c(N)n[nH]c(=O)c32)C1.CC(C)(C)OC(=O)N1CC[C@@H](n2cc(-c3ccc(Oc4c(F)cccc4F)cc3)c3c(N)n[nH]c(=O)c32)C1.II.I[I-]I.Nc1n[nH]c(=O)c2c1c(-c1ccc(Oc3c(F)cccc3F)cc1)cn2[C@@H]1CCNC1. The molecule has 12 aromatic rings. The molecule has 9 heterocycles. The Morgan fingerprint density at radius 3 is 1.14 bits per heavy atom. The molecule has 3 fully saturated rings. The largest absolute Gasteiger partial charge is 0.451 e. The van der Waals surface area contributed by atoms with E-state index in [1.165, 1.54) is 18.2 Å². The third-order valence-electron chi connectivity index (χ3n) is 18.0. The molecule has 24 nitrogen and oxygen atoms in total. The smallest absolute Gasteiger partial charge is 0.288 e. The number of carbonyl (C=O) groups is 2. The Labute approximate surface area is 683 Å². The van der Waals surface area contributed by atoms with E-state index in [1.54, 1.807) is 89.5 Å². The van der Waals surface area contributed by atoms with Crippen LogP contribution in [0.15, 0.2) is 160 Å². The van der Waals surface area contributed by atoms with Gasteiger partial charge in [0, 0.05) is 111 Å². The molecule has 6 aromatic heterocycles. The van der Waals surface area contributed by atoms with Crippen molar-refractivity contribution in [3.63, 3.8) is 0 Å². The molecule has 0 bridgehead atoms. The molecule has 111 heavy (non-hydrogen) atoms. The van der Waals surface area contributed by atoms with Crippen molar-refractivity contribution in [2.24, 2.45) is 0 Å². The quantitative estimate of drug-likeness (QED) is 0.0339. The number of para-hydroxylation sites is 3. The van der Waals surface area contributed by atoms with Crippen LogP contribution >= 0.6 is 74.5 Å². The van der Waals surface area contributed by atoms with Crippen molar-refractivity contribution in [3.05, 3.63) is 212 Å². The number of anilines is 3. The van der Waals surface area contributed by atoms with E-state index >= 15 is 0 Å². The number of nitrogen functional groups attached to an aromatic ring is 3. The second-order valence-electron chi connectivity index (χ2n) is 26.0. The van der Waals surface area contributed by atoms with Gasteiger partial charge < -0.3 is 65.0 Å². The second kappa shape index (κ2) is 37.5. The van der Waals surface area contributed by atoms with Crippen molar-refractivity contribution >= 4 is 137 Å². The Hall–Kier alpha value is -9.13. The van der Waals surface area contributed by atoms with E-state index in [-0.39, 0.29) is 71.7 Å². The topological polar surface area (TPSA) is 320 Å². The number of halogens is 11. The number of likely N-dealkylation sites (tertiary alicyclic amines) is 2. The van der Waals surface area contributed by atoms with Crippen molar-refractivity contribution in [1.82, 2.24) is 59.4 Å². The molecule has 2 amide bonds. The first kappa shape index (κ1) is 84.3. The summed E-state index contributed by atoms with van der Waals surface area (Å²) in [5, 5.41) is 23.9. The second-order valence-corrected chi connectivity index (χ2v) is 42.3. The number of hydrogen-bond acceptors (Lipinski definition) is 16. The van der Waals surface area contributed by atoms with E-state index < -0.39 is 75.0 Å². The van der Waals surface area contributed by atoms with Crippen molar-refractivity contribution < 1.29 is 68.1 Å². The van der Waals surface area contributed by atoms with E-state index in [0.717, 1.165) is 67.0 Å². The van der Waals surface area contributed by atoms with Crippen LogP contribution in [0.2, 0.25) is 0 Å². The van der Waals surface area contributed by atoms with Crippen molar-refractivity contribution in [3.8, 4) is 79.7 Å². The van der Waals surface area contributed by atoms with Gasteiger partial charge in [-0.3, -0.25) is 19.2 Å².